The van der Waals surface area contributed by atoms with Crippen molar-refractivity contribution in [3.63, 3.8) is 0 Å². The predicted molar refractivity (Wildman–Crippen MR) is 71.0 cm³/mol. The zero-order chi connectivity index (χ0) is 13.1. The van der Waals surface area contributed by atoms with E-state index in [-0.39, 0.29) is 5.91 Å². The van der Waals surface area contributed by atoms with Crippen LogP contribution in [0.25, 0.3) is 0 Å². The van der Waals surface area contributed by atoms with Crippen molar-refractivity contribution in [3.8, 4) is 0 Å². The van der Waals surface area contributed by atoms with Gasteiger partial charge in [0.25, 0.3) is 0 Å². The number of hydrogen-bond donors (Lipinski definition) is 1. The summed E-state index contributed by atoms with van der Waals surface area (Å²) in [6.45, 7) is 1.88. The first-order chi connectivity index (χ1) is 8.61. The Morgan fingerprint density at radius 1 is 1.50 bits per heavy atom. The number of anilines is 1. The molecule has 1 N–H and O–H groups in total. The molecule has 0 aromatic carbocycles. The molecule has 1 aliphatic rings. The van der Waals surface area contributed by atoms with Crippen molar-refractivity contribution in [3.05, 3.63) is 15.8 Å². The number of thiophene rings is 1. The minimum Gasteiger partial charge on any atom is -0.465 e. The lowest BCUT2D eigenvalue weighted by Crippen LogP contribution is -2.21. The maximum absolute atomic E-state index is 11.9. The Morgan fingerprint density at radius 2 is 2.22 bits per heavy atom. The molecule has 1 saturated carbocycles. The van der Waals surface area contributed by atoms with Gasteiger partial charge in [-0.15, -0.1) is 11.3 Å². The van der Waals surface area contributed by atoms with E-state index < -0.39 is 5.97 Å². The molecule has 1 aromatic heterocycles. The number of ether oxygens (including phenoxy) is 1. The Morgan fingerprint density at radius 3 is 2.78 bits per heavy atom. The normalized spacial score (nSPS) is 15.0. The summed E-state index contributed by atoms with van der Waals surface area (Å²) in [7, 11) is 1.34. The maximum Gasteiger partial charge on any atom is 0.350 e. The van der Waals surface area contributed by atoms with Crippen molar-refractivity contribution in [2.75, 3.05) is 12.4 Å². The van der Waals surface area contributed by atoms with Gasteiger partial charge < -0.3 is 10.1 Å². The van der Waals surface area contributed by atoms with Crippen LogP contribution in [0, 0.1) is 12.8 Å². The molecule has 18 heavy (non-hydrogen) atoms. The number of carbonyl (C=O) groups is 2. The van der Waals surface area contributed by atoms with Crippen LogP contribution < -0.4 is 5.32 Å². The van der Waals surface area contributed by atoms with Crippen LogP contribution in [0.2, 0.25) is 0 Å². The number of methoxy groups -OCH3 is 1. The highest BCUT2D eigenvalue weighted by molar-refractivity contribution is 7.12. The molecule has 0 unspecified atom stereocenters. The quantitative estimate of drug-likeness (QED) is 0.853. The number of esters is 1. The van der Waals surface area contributed by atoms with Gasteiger partial charge in [-0.1, -0.05) is 6.42 Å². The molecule has 0 bridgehead atoms. The molecule has 0 spiro atoms. The van der Waals surface area contributed by atoms with E-state index in [2.05, 4.69) is 5.32 Å². The zero-order valence-electron chi connectivity index (χ0n) is 10.6. The van der Waals surface area contributed by atoms with Crippen LogP contribution in [0.5, 0.6) is 0 Å². The third-order valence-electron chi connectivity index (χ3n) is 3.31. The molecule has 1 aliphatic carbocycles. The van der Waals surface area contributed by atoms with Crippen molar-refractivity contribution in [1.29, 1.82) is 0 Å². The van der Waals surface area contributed by atoms with Gasteiger partial charge in [0.15, 0.2) is 0 Å². The van der Waals surface area contributed by atoms with E-state index in [0.717, 1.165) is 18.4 Å². The number of hydrogen-bond acceptors (Lipinski definition) is 4. The van der Waals surface area contributed by atoms with E-state index in [1.807, 2.05) is 12.3 Å². The van der Waals surface area contributed by atoms with Gasteiger partial charge in [-0.2, -0.15) is 0 Å². The topological polar surface area (TPSA) is 55.4 Å². The molecule has 1 aromatic rings. The predicted octanol–water partition coefficient (Wildman–Crippen LogP) is 2.97. The summed E-state index contributed by atoms with van der Waals surface area (Å²) in [6, 6.07) is 0. The van der Waals surface area contributed by atoms with Gasteiger partial charge >= 0.3 is 5.97 Å². The van der Waals surface area contributed by atoms with Gasteiger partial charge in [-0.3, -0.25) is 4.79 Å². The molecule has 2 rings (SSSR count). The molecular formula is C13H17NO3S. The number of amides is 1. The number of aryl methyl sites for hydroxylation is 1. The van der Waals surface area contributed by atoms with Gasteiger partial charge in [0.05, 0.1) is 12.8 Å². The molecule has 0 aliphatic heterocycles. The van der Waals surface area contributed by atoms with Crippen molar-refractivity contribution >= 4 is 28.9 Å². The lowest BCUT2D eigenvalue weighted by Gasteiger charge is -2.24. The molecule has 0 atom stereocenters. The Kier molecular flexibility index (Phi) is 4.01. The van der Waals surface area contributed by atoms with E-state index in [1.165, 1.54) is 24.9 Å². The van der Waals surface area contributed by atoms with Gasteiger partial charge in [-0.25, -0.2) is 4.79 Å². The van der Waals surface area contributed by atoms with E-state index in [4.69, 9.17) is 4.74 Å². The fourth-order valence-corrected chi connectivity index (χ4v) is 2.91. The third-order valence-corrected chi connectivity index (χ3v) is 4.39. The molecular weight excluding hydrogens is 250 g/mol. The minimum absolute atomic E-state index is 0.00801. The lowest BCUT2D eigenvalue weighted by atomic mass is 9.83. The molecule has 98 valence electrons. The van der Waals surface area contributed by atoms with Crippen molar-refractivity contribution < 1.29 is 14.3 Å². The fourth-order valence-electron chi connectivity index (χ4n) is 1.99. The summed E-state index contributed by atoms with van der Waals surface area (Å²) in [5, 5.41) is 4.70. The average Bonchev–Trinajstić information content (AvgIpc) is 2.65. The Labute approximate surface area is 110 Å². The largest absolute Gasteiger partial charge is 0.465 e. The van der Waals surface area contributed by atoms with Crippen molar-refractivity contribution in [2.45, 2.75) is 32.6 Å². The smallest absolute Gasteiger partial charge is 0.350 e. The second-order valence-electron chi connectivity index (χ2n) is 4.66. The monoisotopic (exact) mass is 267 g/mol. The van der Waals surface area contributed by atoms with Gasteiger partial charge in [0.1, 0.15) is 4.88 Å². The third kappa shape index (κ3) is 2.72. The van der Waals surface area contributed by atoms with Crippen LogP contribution in [0.4, 0.5) is 5.69 Å². The van der Waals surface area contributed by atoms with E-state index in [1.54, 1.807) is 0 Å². The Balaban J connectivity index is 2.05. The van der Waals surface area contributed by atoms with Gasteiger partial charge in [0.2, 0.25) is 5.91 Å². The molecule has 1 heterocycles. The van der Waals surface area contributed by atoms with Crippen molar-refractivity contribution in [1.82, 2.24) is 0 Å². The summed E-state index contributed by atoms with van der Waals surface area (Å²) in [5.74, 6) is 0.115. The van der Waals surface area contributed by atoms with Crippen LogP contribution in [0.15, 0.2) is 5.38 Å². The zero-order valence-corrected chi connectivity index (χ0v) is 11.4. The first-order valence-corrected chi connectivity index (χ1v) is 6.96. The van der Waals surface area contributed by atoms with E-state index in [9.17, 15) is 9.59 Å². The lowest BCUT2D eigenvalue weighted by molar-refractivity contribution is -0.117. The van der Waals surface area contributed by atoms with Crippen LogP contribution in [-0.4, -0.2) is 19.0 Å². The average molecular weight is 267 g/mol. The van der Waals surface area contributed by atoms with Crippen LogP contribution in [0.1, 0.15) is 40.9 Å². The highest BCUT2D eigenvalue weighted by Crippen LogP contribution is 2.31. The summed E-state index contributed by atoms with van der Waals surface area (Å²) in [4.78, 5) is 23.9. The molecule has 5 heteroatoms. The highest BCUT2D eigenvalue weighted by Gasteiger charge is 2.23. The maximum atomic E-state index is 11.9. The summed E-state index contributed by atoms with van der Waals surface area (Å²) < 4.78 is 4.71. The second kappa shape index (κ2) is 5.52. The molecule has 4 nitrogen and oxygen atoms in total. The van der Waals surface area contributed by atoms with Gasteiger partial charge in [0, 0.05) is 6.42 Å². The summed E-state index contributed by atoms with van der Waals surface area (Å²) in [6.07, 6.45) is 4.05. The van der Waals surface area contributed by atoms with Crippen LogP contribution in [-0.2, 0) is 9.53 Å². The molecule has 1 fully saturated rings. The first-order valence-electron chi connectivity index (χ1n) is 6.08. The minimum atomic E-state index is -0.396. The Bertz CT molecular complexity index is 463. The molecule has 0 saturated heterocycles. The van der Waals surface area contributed by atoms with Crippen LogP contribution in [0.3, 0.4) is 0 Å². The number of rotatable bonds is 4. The highest BCUT2D eigenvalue weighted by atomic mass is 32.1. The first kappa shape index (κ1) is 13.1. The number of carbonyl (C=O) groups excluding carboxylic acids is 2. The van der Waals surface area contributed by atoms with E-state index >= 15 is 0 Å². The standard InChI is InChI=1S/C13H17NO3S/c1-8-7-18-12(13(16)17-2)11(8)14-10(15)6-9-4-3-5-9/h7,9H,3-6H2,1-2H3,(H,14,15). The Hall–Kier alpha value is -1.36. The number of nitrogens with one attached hydrogen (secondary N) is 1. The van der Waals surface area contributed by atoms with Crippen LogP contribution >= 0.6 is 11.3 Å². The molecule has 1 amide bonds. The SMILES string of the molecule is COC(=O)c1scc(C)c1NC(=O)CC1CCC1. The summed E-state index contributed by atoms with van der Waals surface area (Å²) >= 11 is 1.30. The van der Waals surface area contributed by atoms with Crippen molar-refractivity contribution in [2.24, 2.45) is 5.92 Å². The van der Waals surface area contributed by atoms with Gasteiger partial charge in [-0.05, 0) is 36.6 Å². The summed E-state index contributed by atoms with van der Waals surface area (Å²) in [5.41, 5.74) is 1.51. The fraction of sp³-hybridized carbons (Fsp3) is 0.538. The second-order valence-corrected chi connectivity index (χ2v) is 5.54. The van der Waals surface area contributed by atoms with E-state index in [0.29, 0.717) is 22.9 Å². The molecule has 0 radical (unpaired) electrons.